The summed E-state index contributed by atoms with van der Waals surface area (Å²) < 4.78 is 8.49. The molecular formula is C4H4O4. The Labute approximate surface area is 45.3 Å². The molecule has 0 fully saturated rings. The highest BCUT2D eigenvalue weighted by atomic mass is 16.7. The minimum absolute atomic E-state index is 0.785. The molecule has 1 N–H and O–H groups in total. The summed E-state index contributed by atoms with van der Waals surface area (Å²) in [5, 5.41) is 8.43. The van der Waals surface area contributed by atoms with Gasteiger partial charge in [0, 0.05) is 0 Å². The predicted octanol–water partition coefficient (Wildman–Crippen LogP) is -0.651. The first-order chi connectivity index (χ1) is 3.80. The third-order valence-electron chi connectivity index (χ3n) is 0.649. The molecule has 4 heteroatoms. The van der Waals surface area contributed by atoms with Crippen molar-refractivity contribution in [3.8, 4) is 0 Å². The largest absolute Gasteiger partial charge is 0.458 e. The van der Waals surface area contributed by atoms with Crippen molar-refractivity contribution in [2.45, 2.75) is 6.29 Å². The van der Waals surface area contributed by atoms with Crippen LogP contribution in [0.1, 0.15) is 0 Å². The lowest BCUT2D eigenvalue weighted by atomic mass is 10.6. The zero-order valence-corrected chi connectivity index (χ0v) is 3.90. The summed E-state index contributed by atoms with van der Waals surface area (Å²) in [6.07, 6.45) is 0.723. The van der Waals surface area contributed by atoms with Crippen molar-refractivity contribution in [2.75, 3.05) is 0 Å². The number of carbonyl (C=O) groups is 1. The Bertz CT molecular complexity index is 128. The van der Waals surface area contributed by atoms with Crippen molar-refractivity contribution in [1.82, 2.24) is 0 Å². The molecule has 0 aromatic heterocycles. The van der Waals surface area contributed by atoms with E-state index < -0.39 is 12.3 Å². The van der Waals surface area contributed by atoms with E-state index in [1.165, 1.54) is 0 Å². The number of rotatable bonds is 0. The van der Waals surface area contributed by atoms with Crippen LogP contribution in [0.5, 0.6) is 0 Å². The maximum Gasteiger partial charge on any atom is 0.381 e. The van der Waals surface area contributed by atoms with Gasteiger partial charge in [-0.25, -0.2) is 4.79 Å². The number of esters is 1. The lowest BCUT2D eigenvalue weighted by molar-refractivity contribution is -0.173. The first kappa shape index (κ1) is 5.11. The third-order valence-corrected chi connectivity index (χ3v) is 0.649. The molecule has 0 aromatic rings. The van der Waals surface area contributed by atoms with E-state index in [1.807, 2.05) is 0 Å². The van der Waals surface area contributed by atoms with Crippen molar-refractivity contribution in [3.05, 3.63) is 12.5 Å². The second-order valence-electron chi connectivity index (χ2n) is 1.20. The summed E-state index contributed by atoms with van der Waals surface area (Å²) in [6.45, 7) is 0. The standard InChI is InChI=1S/C4H4O4/c5-3-4(6)8-2-1-7-3/h1-3,5H. The number of aliphatic hydroxyl groups excluding tert-OH is 1. The average molecular weight is 116 g/mol. The molecule has 1 aliphatic rings. The van der Waals surface area contributed by atoms with E-state index in [1.54, 1.807) is 0 Å². The van der Waals surface area contributed by atoms with Crippen LogP contribution in [0, 0.1) is 0 Å². The topological polar surface area (TPSA) is 55.8 Å². The lowest BCUT2D eigenvalue weighted by Crippen LogP contribution is -2.25. The van der Waals surface area contributed by atoms with Gasteiger partial charge in [-0.3, -0.25) is 0 Å². The molecule has 1 atom stereocenters. The van der Waals surface area contributed by atoms with Crippen molar-refractivity contribution in [2.24, 2.45) is 0 Å². The van der Waals surface area contributed by atoms with Crippen molar-refractivity contribution >= 4 is 5.97 Å². The fourth-order valence-electron chi connectivity index (χ4n) is 0.315. The minimum atomic E-state index is -1.44. The molecule has 4 nitrogen and oxygen atoms in total. The van der Waals surface area contributed by atoms with Gasteiger partial charge in [0.2, 0.25) is 0 Å². The maximum atomic E-state index is 10.1. The highest BCUT2D eigenvalue weighted by Gasteiger charge is 2.18. The van der Waals surface area contributed by atoms with Gasteiger partial charge in [-0.05, 0) is 0 Å². The van der Waals surface area contributed by atoms with Gasteiger partial charge < -0.3 is 14.6 Å². The van der Waals surface area contributed by atoms with E-state index in [0.717, 1.165) is 12.5 Å². The average Bonchev–Trinajstić information content (AvgIpc) is 1.77. The van der Waals surface area contributed by atoms with Crippen LogP contribution in [0.4, 0.5) is 0 Å². The number of hydrogen-bond donors (Lipinski definition) is 1. The van der Waals surface area contributed by atoms with Gasteiger partial charge in [0.1, 0.15) is 12.5 Å². The zero-order valence-electron chi connectivity index (χ0n) is 3.90. The van der Waals surface area contributed by atoms with Crippen LogP contribution in [0.25, 0.3) is 0 Å². The summed E-state index contributed by atoms with van der Waals surface area (Å²) in [7, 11) is 0. The van der Waals surface area contributed by atoms with Crippen LogP contribution in [-0.2, 0) is 14.3 Å². The molecule has 0 spiro atoms. The molecule has 0 saturated carbocycles. The molecule has 0 radical (unpaired) electrons. The summed E-state index contributed by atoms with van der Waals surface area (Å²) in [5.74, 6) is -0.785. The summed E-state index contributed by atoms with van der Waals surface area (Å²) >= 11 is 0. The van der Waals surface area contributed by atoms with Gasteiger partial charge in [0.25, 0.3) is 6.29 Å². The highest BCUT2D eigenvalue weighted by Crippen LogP contribution is 1.98. The van der Waals surface area contributed by atoms with Crippen molar-refractivity contribution < 1.29 is 19.4 Å². The Kier molecular flexibility index (Phi) is 1.17. The Morgan fingerprint density at radius 3 is 2.75 bits per heavy atom. The second-order valence-corrected chi connectivity index (χ2v) is 1.20. The Hall–Kier alpha value is -1.03. The molecule has 1 heterocycles. The minimum Gasteiger partial charge on any atom is -0.458 e. The van der Waals surface area contributed by atoms with E-state index in [0.29, 0.717) is 0 Å². The third kappa shape index (κ3) is 0.788. The van der Waals surface area contributed by atoms with E-state index in [-0.39, 0.29) is 0 Å². The first-order valence-corrected chi connectivity index (χ1v) is 2.00. The molecule has 0 bridgehead atoms. The van der Waals surface area contributed by atoms with Gasteiger partial charge >= 0.3 is 5.97 Å². The maximum absolute atomic E-state index is 10.1. The van der Waals surface area contributed by atoms with E-state index in [9.17, 15) is 4.79 Å². The van der Waals surface area contributed by atoms with Crippen LogP contribution in [0.2, 0.25) is 0 Å². The van der Waals surface area contributed by atoms with Crippen molar-refractivity contribution in [1.29, 1.82) is 0 Å². The zero-order chi connectivity index (χ0) is 5.98. The van der Waals surface area contributed by atoms with Crippen LogP contribution < -0.4 is 0 Å². The number of aliphatic hydroxyl groups is 1. The quantitative estimate of drug-likeness (QED) is 0.427. The normalized spacial score (nSPS) is 26.6. The Morgan fingerprint density at radius 2 is 2.38 bits per heavy atom. The molecule has 0 saturated heterocycles. The highest BCUT2D eigenvalue weighted by molar-refractivity contribution is 5.74. The van der Waals surface area contributed by atoms with Gasteiger partial charge in [-0.15, -0.1) is 0 Å². The van der Waals surface area contributed by atoms with Gasteiger partial charge in [-0.2, -0.15) is 0 Å². The molecular weight excluding hydrogens is 112 g/mol. The molecule has 1 rings (SSSR count). The van der Waals surface area contributed by atoms with E-state index >= 15 is 0 Å². The lowest BCUT2D eigenvalue weighted by Gasteiger charge is -2.10. The van der Waals surface area contributed by atoms with Crippen LogP contribution in [0.3, 0.4) is 0 Å². The van der Waals surface area contributed by atoms with Gasteiger partial charge in [0.05, 0.1) is 0 Å². The Balaban J connectivity index is 2.57. The van der Waals surface area contributed by atoms with Crippen molar-refractivity contribution in [3.63, 3.8) is 0 Å². The molecule has 1 aliphatic heterocycles. The van der Waals surface area contributed by atoms with E-state index in [2.05, 4.69) is 9.47 Å². The smallest absolute Gasteiger partial charge is 0.381 e. The number of cyclic esters (lactones) is 1. The summed E-state index contributed by atoms with van der Waals surface area (Å²) in [6, 6.07) is 0. The predicted molar refractivity (Wildman–Crippen MR) is 22.3 cm³/mol. The molecule has 8 heavy (non-hydrogen) atoms. The molecule has 0 aromatic carbocycles. The van der Waals surface area contributed by atoms with Crippen LogP contribution >= 0.6 is 0 Å². The fourth-order valence-corrected chi connectivity index (χ4v) is 0.315. The van der Waals surface area contributed by atoms with Crippen LogP contribution in [0.15, 0.2) is 12.5 Å². The van der Waals surface area contributed by atoms with Gasteiger partial charge in [0.15, 0.2) is 0 Å². The monoisotopic (exact) mass is 116 g/mol. The molecule has 0 amide bonds. The molecule has 1 unspecified atom stereocenters. The SMILES string of the molecule is O=C1OC=COC1O. The molecule has 44 valence electrons. The number of hydrogen-bond acceptors (Lipinski definition) is 4. The fraction of sp³-hybridized carbons (Fsp3) is 0.250. The number of ether oxygens (including phenoxy) is 2. The van der Waals surface area contributed by atoms with Crippen LogP contribution in [-0.4, -0.2) is 17.4 Å². The summed E-state index contributed by atoms with van der Waals surface area (Å²) in [4.78, 5) is 10.1. The van der Waals surface area contributed by atoms with E-state index in [4.69, 9.17) is 5.11 Å². The Morgan fingerprint density at radius 1 is 1.62 bits per heavy atom. The number of carbonyl (C=O) groups excluding carboxylic acids is 1. The summed E-state index contributed by atoms with van der Waals surface area (Å²) in [5.41, 5.74) is 0. The molecule has 0 aliphatic carbocycles. The second kappa shape index (κ2) is 1.83. The van der Waals surface area contributed by atoms with Gasteiger partial charge in [-0.1, -0.05) is 0 Å². The first-order valence-electron chi connectivity index (χ1n) is 2.00.